The van der Waals surface area contributed by atoms with Crippen molar-refractivity contribution in [3.05, 3.63) is 95.1 Å². The first-order valence-corrected chi connectivity index (χ1v) is 12.9. The number of fused-ring (bicyclic) bond motifs is 1. The lowest BCUT2D eigenvalue weighted by atomic mass is 9.77. The van der Waals surface area contributed by atoms with Gasteiger partial charge in [-0.15, -0.1) is 11.6 Å². The zero-order valence-corrected chi connectivity index (χ0v) is 21.5. The van der Waals surface area contributed by atoms with E-state index in [4.69, 9.17) is 11.6 Å². The molecule has 2 aromatic carbocycles. The topological polar surface area (TPSA) is 82.5 Å². The van der Waals surface area contributed by atoms with Crippen LogP contribution < -0.4 is 10.2 Å². The van der Waals surface area contributed by atoms with Crippen molar-refractivity contribution in [2.75, 3.05) is 11.4 Å². The average molecular weight is 580 g/mol. The molecule has 5 rings (SSSR count). The zero-order chi connectivity index (χ0) is 28.8. The lowest BCUT2D eigenvalue weighted by molar-refractivity contribution is -0.132. The van der Waals surface area contributed by atoms with E-state index in [2.05, 4.69) is 10.3 Å². The number of pyridine rings is 1. The Bertz CT molecular complexity index is 1450. The van der Waals surface area contributed by atoms with Crippen molar-refractivity contribution in [2.45, 2.75) is 36.3 Å². The van der Waals surface area contributed by atoms with Gasteiger partial charge in [-0.25, -0.2) is 22.0 Å². The second-order valence-electron chi connectivity index (χ2n) is 9.96. The highest BCUT2D eigenvalue weighted by Crippen LogP contribution is 2.47. The first-order chi connectivity index (χ1) is 19.0. The number of hydrogen-bond donors (Lipinski definition) is 2. The number of carbonyl (C=O) groups excluding carboxylic acids is 2. The summed E-state index contributed by atoms with van der Waals surface area (Å²) in [6.45, 7) is -0.266. The molecule has 40 heavy (non-hydrogen) atoms. The van der Waals surface area contributed by atoms with Crippen molar-refractivity contribution in [1.82, 2.24) is 10.3 Å². The molecule has 0 bridgehead atoms. The van der Waals surface area contributed by atoms with E-state index in [1.807, 2.05) is 0 Å². The quantitative estimate of drug-likeness (QED) is 0.325. The Kier molecular flexibility index (Phi) is 7.54. The van der Waals surface area contributed by atoms with E-state index in [-0.39, 0.29) is 36.2 Å². The normalized spacial score (nSPS) is 26.2. The number of nitrogens with zero attached hydrogens (tertiary/aromatic N) is 2. The maximum Gasteiger partial charge on any atom is 0.268 e. The SMILES string of the molecule is O=C(N[C@@H]1C[C@@H](Cl)[C@@H](CN2C(=O)[C@](O)(c3cccc(F)c3F)c3cc(F)ccc32)C[C@H]1C(F)F)c1cccnc1. The van der Waals surface area contributed by atoms with Crippen LogP contribution in [0.1, 0.15) is 34.3 Å². The fourth-order valence-electron chi connectivity index (χ4n) is 5.57. The van der Waals surface area contributed by atoms with E-state index in [1.165, 1.54) is 30.6 Å². The van der Waals surface area contributed by atoms with Gasteiger partial charge in [0.25, 0.3) is 11.8 Å². The van der Waals surface area contributed by atoms with Gasteiger partial charge in [-0.1, -0.05) is 12.1 Å². The number of halogens is 6. The molecule has 0 saturated heterocycles. The summed E-state index contributed by atoms with van der Waals surface area (Å²) < 4.78 is 71.4. The molecule has 0 unspecified atom stereocenters. The zero-order valence-electron chi connectivity index (χ0n) is 20.7. The molecule has 2 aliphatic rings. The molecule has 1 aliphatic carbocycles. The summed E-state index contributed by atoms with van der Waals surface area (Å²) in [5, 5.41) is 13.3. The molecule has 0 radical (unpaired) electrons. The second kappa shape index (κ2) is 10.8. The fraction of sp³-hybridized carbons (Fsp3) is 0.321. The van der Waals surface area contributed by atoms with Crippen molar-refractivity contribution in [3.8, 4) is 0 Å². The minimum Gasteiger partial charge on any atom is -0.372 e. The second-order valence-corrected chi connectivity index (χ2v) is 10.5. The number of amides is 2. The van der Waals surface area contributed by atoms with Gasteiger partial charge in [-0.2, -0.15) is 0 Å². The molecular formula is C28H23ClF5N3O3. The molecule has 3 aromatic rings. The lowest BCUT2D eigenvalue weighted by Crippen LogP contribution is -2.52. The molecule has 1 aliphatic heterocycles. The summed E-state index contributed by atoms with van der Waals surface area (Å²) in [7, 11) is 0. The number of anilines is 1. The van der Waals surface area contributed by atoms with Gasteiger partial charge in [-0.3, -0.25) is 14.6 Å². The van der Waals surface area contributed by atoms with Gasteiger partial charge < -0.3 is 15.3 Å². The number of carbonyl (C=O) groups is 2. The monoisotopic (exact) mass is 579 g/mol. The van der Waals surface area contributed by atoms with Crippen LogP contribution >= 0.6 is 11.6 Å². The van der Waals surface area contributed by atoms with Crippen molar-refractivity contribution in [3.63, 3.8) is 0 Å². The molecule has 5 atom stereocenters. The van der Waals surface area contributed by atoms with Crippen LogP contribution in [0.5, 0.6) is 0 Å². The third-order valence-electron chi connectivity index (χ3n) is 7.60. The molecule has 210 valence electrons. The fourth-order valence-corrected chi connectivity index (χ4v) is 5.94. The number of hydrogen-bond acceptors (Lipinski definition) is 4. The number of alkyl halides is 3. The van der Waals surface area contributed by atoms with Crippen LogP contribution in [0, 0.1) is 29.3 Å². The number of aromatic nitrogens is 1. The number of rotatable bonds is 6. The Hall–Kier alpha value is -3.57. The molecule has 2 N–H and O–H groups in total. The third kappa shape index (κ3) is 4.81. The van der Waals surface area contributed by atoms with Crippen LogP contribution in [0.2, 0.25) is 0 Å². The van der Waals surface area contributed by atoms with Crippen LogP contribution in [0.3, 0.4) is 0 Å². The van der Waals surface area contributed by atoms with E-state index in [0.29, 0.717) is 0 Å². The highest BCUT2D eigenvalue weighted by atomic mass is 35.5. The highest BCUT2D eigenvalue weighted by molar-refractivity contribution is 6.21. The average Bonchev–Trinajstić information content (AvgIpc) is 3.13. The van der Waals surface area contributed by atoms with Gasteiger partial charge in [0.05, 0.1) is 11.3 Å². The van der Waals surface area contributed by atoms with E-state index in [1.54, 1.807) is 0 Å². The largest absolute Gasteiger partial charge is 0.372 e. The molecule has 6 nitrogen and oxygen atoms in total. The van der Waals surface area contributed by atoms with E-state index in [0.717, 1.165) is 35.2 Å². The molecule has 1 fully saturated rings. The third-order valence-corrected chi connectivity index (χ3v) is 8.13. The molecule has 2 amide bonds. The van der Waals surface area contributed by atoms with Gasteiger partial charge in [0.15, 0.2) is 17.2 Å². The van der Waals surface area contributed by atoms with Gasteiger partial charge in [0.1, 0.15) is 5.82 Å². The molecule has 2 heterocycles. The minimum atomic E-state index is -2.83. The Labute approximate surface area is 230 Å². The van der Waals surface area contributed by atoms with E-state index >= 15 is 0 Å². The Balaban J connectivity index is 1.43. The lowest BCUT2D eigenvalue weighted by Gasteiger charge is -2.40. The smallest absolute Gasteiger partial charge is 0.268 e. The maximum absolute atomic E-state index is 14.8. The van der Waals surface area contributed by atoms with Crippen molar-refractivity contribution >= 4 is 29.1 Å². The summed E-state index contributed by atoms with van der Waals surface area (Å²) in [4.78, 5) is 31.1. The van der Waals surface area contributed by atoms with Gasteiger partial charge >= 0.3 is 0 Å². The molecule has 1 aromatic heterocycles. The predicted molar refractivity (Wildman–Crippen MR) is 135 cm³/mol. The first-order valence-electron chi connectivity index (χ1n) is 12.4. The summed E-state index contributed by atoms with van der Waals surface area (Å²) in [5.41, 5.74) is -3.57. The molecule has 0 spiro atoms. The molecule has 1 saturated carbocycles. The van der Waals surface area contributed by atoms with Crippen LogP contribution in [0.25, 0.3) is 0 Å². The maximum atomic E-state index is 14.8. The van der Waals surface area contributed by atoms with Crippen molar-refractivity contribution in [2.24, 2.45) is 11.8 Å². The Morgan fingerprint density at radius 3 is 2.60 bits per heavy atom. The summed E-state index contributed by atoms with van der Waals surface area (Å²) in [5.74, 6) is -7.36. The number of aliphatic hydroxyl groups is 1. The highest BCUT2D eigenvalue weighted by Gasteiger charge is 2.54. The van der Waals surface area contributed by atoms with E-state index in [9.17, 15) is 36.6 Å². The van der Waals surface area contributed by atoms with Gasteiger partial charge in [-0.05, 0) is 55.2 Å². The van der Waals surface area contributed by atoms with Crippen LogP contribution in [-0.4, -0.2) is 46.3 Å². The van der Waals surface area contributed by atoms with E-state index < -0.39 is 70.1 Å². The summed E-state index contributed by atoms with van der Waals surface area (Å²) in [6.07, 6.45) is -0.307. The number of nitrogens with one attached hydrogen (secondary N) is 1. The van der Waals surface area contributed by atoms with Crippen LogP contribution in [0.15, 0.2) is 60.9 Å². The Morgan fingerprint density at radius 2 is 1.90 bits per heavy atom. The van der Waals surface area contributed by atoms with Gasteiger partial charge in [0.2, 0.25) is 6.43 Å². The predicted octanol–water partition coefficient (Wildman–Crippen LogP) is 4.78. The molecular weight excluding hydrogens is 557 g/mol. The summed E-state index contributed by atoms with van der Waals surface area (Å²) in [6, 6.07) is 8.05. The summed E-state index contributed by atoms with van der Waals surface area (Å²) >= 11 is 6.61. The minimum absolute atomic E-state index is 0.0158. The van der Waals surface area contributed by atoms with Crippen molar-refractivity contribution in [1.29, 1.82) is 0 Å². The van der Waals surface area contributed by atoms with Crippen LogP contribution in [-0.2, 0) is 10.4 Å². The first kappa shape index (κ1) is 28.0. The number of benzene rings is 2. The Morgan fingerprint density at radius 1 is 1.12 bits per heavy atom. The van der Waals surface area contributed by atoms with Gasteiger partial charge in [0, 0.05) is 47.4 Å². The standard InChI is InChI=1S/C28H23ClF5N3O3/c29-20-11-22(36-26(38)14-3-2-8-35-12-14)17(25(33)34)9-15(20)13-37-23-7-6-16(30)10-19(23)28(40,27(37)39)18-4-1-5-21(31)24(18)32/h1-8,10,12,15,17,20,22,25,40H,9,11,13H2,(H,36,38)/t15-,17-,20-,22-,28+/m1/s1. The molecule has 12 heteroatoms. The van der Waals surface area contributed by atoms with Crippen molar-refractivity contribution < 1.29 is 36.6 Å². The van der Waals surface area contributed by atoms with Crippen LogP contribution in [0.4, 0.5) is 27.6 Å².